The van der Waals surface area contributed by atoms with Gasteiger partial charge in [-0.25, -0.2) is 14.0 Å². The van der Waals surface area contributed by atoms with Crippen molar-refractivity contribution in [2.24, 2.45) is 5.92 Å². The standard InChI is InChI=1S/C21H22FNO5/c1-14(2)19(23-21(26)28-12-15-6-4-3-5-7-15)20(25)27-13-18(24)16-8-10-17(22)11-9-16/h3-11,14,19H,12-13H2,1-2H3,(H,23,26)/t19-/m0/s1. The lowest BCUT2D eigenvalue weighted by atomic mass is 10.1. The number of ketones is 1. The van der Waals surface area contributed by atoms with Crippen LogP contribution in [-0.2, 0) is 20.9 Å². The molecule has 2 aromatic rings. The average Bonchev–Trinajstić information content (AvgIpc) is 2.69. The number of ether oxygens (including phenoxy) is 2. The van der Waals surface area contributed by atoms with Gasteiger partial charge in [-0.3, -0.25) is 4.79 Å². The molecule has 28 heavy (non-hydrogen) atoms. The molecule has 0 saturated carbocycles. The lowest BCUT2D eigenvalue weighted by Gasteiger charge is -2.20. The highest BCUT2D eigenvalue weighted by atomic mass is 19.1. The second kappa shape index (κ2) is 10.2. The molecule has 2 rings (SSSR count). The number of halogens is 1. The highest BCUT2D eigenvalue weighted by Crippen LogP contribution is 2.08. The second-order valence-corrected chi connectivity index (χ2v) is 6.47. The first kappa shape index (κ1) is 21.1. The van der Waals surface area contributed by atoms with Gasteiger partial charge in [0.15, 0.2) is 12.4 Å². The molecule has 0 unspecified atom stereocenters. The van der Waals surface area contributed by atoms with E-state index < -0.39 is 36.3 Å². The van der Waals surface area contributed by atoms with Crippen LogP contribution in [0.5, 0.6) is 0 Å². The fourth-order valence-electron chi connectivity index (χ4n) is 2.34. The second-order valence-electron chi connectivity index (χ2n) is 6.47. The zero-order valence-electron chi connectivity index (χ0n) is 15.7. The largest absolute Gasteiger partial charge is 0.456 e. The first-order chi connectivity index (χ1) is 13.4. The van der Waals surface area contributed by atoms with Gasteiger partial charge in [0.1, 0.15) is 18.5 Å². The van der Waals surface area contributed by atoms with Crippen molar-refractivity contribution >= 4 is 17.8 Å². The van der Waals surface area contributed by atoms with Gasteiger partial charge in [-0.2, -0.15) is 0 Å². The number of nitrogens with one attached hydrogen (secondary N) is 1. The molecule has 7 heteroatoms. The SMILES string of the molecule is CC(C)[C@H](NC(=O)OCc1ccccc1)C(=O)OCC(=O)c1ccc(F)cc1. The van der Waals surface area contributed by atoms with E-state index in [1.54, 1.807) is 13.8 Å². The maximum atomic E-state index is 12.9. The van der Waals surface area contributed by atoms with Crippen LogP contribution in [0.15, 0.2) is 54.6 Å². The molecule has 0 aliphatic heterocycles. The number of amides is 1. The van der Waals surface area contributed by atoms with E-state index in [2.05, 4.69) is 5.32 Å². The van der Waals surface area contributed by atoms with Crippen LogP contribution < -0.4 is 5.32 Å². The Hall–Kier alpha value is -3.22. The van der Waals surface area contributed by atoms with Gasteiger partial charge in [-0.05, 0) is 35.7 Å². The van der Waals surface area contributed by atoms with Gasteiger partial charge in [0.25, 0.3) is 0 Å². The van der Waals surface area contributed by atoms with Gasteiger partial charge in [0.2, 0.25) is 0 Å². The lowest BCUT2D eigenvalue weighted by molar-refractivity contribution is -0.146. The number of carbonyl (C=O) groups excluding carboxylic acids is 3. The van der Waals surface area contributed by atoms with E-state index in [1.165, 1.54) is 12.1 Å². The molecule has 0 saturated heterocycles. The number of Topliss-reactive ketones (excluding diaryl/α,β-unsaturated/α-hetero) is 1. The molecule has 0 heterocycles. The van der Waals surface area contributed by atoms with Crippen LogP contribution in [0, 0.1) is 11.7 Å². The van der Waals surface area contributed by atoms with Crippen molar-refractivity contribution in [3.8, 4) is 0 Å². The summed E-state index contributed by atoms with van der Waals surface area (Å²) in [6.45, 7) is 3.01. The van der Waals surface area contributed by atoms with Gasteiger partial charge in [-0.15, -0.1) is 0 Å². The summed E-state index contributed by atoms with van der Waals surface area (Å²) >= 11 is 0. The van der Waals surface area contributed by atoms with E-state index in [-0.39, 0.29) is 18.1 Å². The minimum atomic E-state index is -0.968. The Bertz CT molecular complexity index is 805. The molecule has 0 aliphatic rings. The number of benzene rings is 2. The van der Waals surface area contributed by atoms with Gasteiger partial charge < -0.3 is 14.8 Å². The van der Waals surface area contributed by atoms with Gasteiger partial charge in [-0.1, -0.05) is 44.2 Å². The predicted octanol–water partition coefficient (Wildman–Crippen LogP) is 3.50. The molecular weight excluding hydrogens is 365 g/mol. The summed E-state index contributed by atoms with van der Waals surface area (Å²) in [4.78, 5) is 36.3. The lowest BCUT2D eigenvalue weighted by Crippen LogP contribution is -2.45. The van der Waals surface area contributed by atoms with Crippen molar-refractivity contribution in [3.63, 3.8) is 0 Å². The van der Waals surface area contributed by atoms with E-state index in [4.69, 9.17) is 9.47 Å². The Kier molecular flexibility index (Phi) is 7.68. The summed E-state index contributed by atoms with van der Waals surface area (Å²) < 4.78 is 23.0. The quantitative estimate of drug-likeness (QED) is 0.554. The normalized spacial score (nSPS) is 11.6. The first-order valence-electron chi connectivity index (χ1n) is 8.79. The molecule has 1 atom stereocenters. The third-order valence-electron chi connectivity index (χ3n) is 3.92. The van der Waals surface area contributed by atoms with E-state index in [0.29, 0.717) is 0 Å². The maximum Gasteiger partial charge on any atom is 0.408 e. The minimum absolute atomic E-state index is 0.0651. The molecule has 2 aromatic carbocycles. The number of alkyl carbamates (subject to hydrolysis) is 1. The summed E-state index contributed by atoms with van der Waals surface area (Å²) in [5.41, 5.74) is 1.04. The Morgan fingerprint density at radius 2 is 1.61 bits per heavy atom. The predicted molar refractivity (Wildman–Crippen MR) is 100 cm³/mol. The van der Waals surface area contributed by atoms with Crippen LogP contribution in [0.2, 0.25) is 0 Å². The summed E-state index contributed by atoms with van der Waals surface area (Å²) in [5, 5.41) is 2.46. The molecule has 0 fully saturated rings. The van der Waals surface area contributed by atoms with E-state index in [0.717, 1.165) is 17.7 Å². The highest BCUT2D eigenvalue weighted by Gasteiger charge is 2.27. The van der Waals surface area contributed by atoms with Gasteiger partial charge in [0, 0.05) is 5.56 Å². The highest BCUT2D eigenvalue weighted by molar-refractivity contribution is 5.98. The number of carbonyl (C=O) groups is 3. The van der Waals surface area contributed by atoms with Crippen molar-refractivity contribution in [1.29, 1.82) is 0 Å². The van der Waals surface area contributed by atoms with Crippen molar-refractivity contribution in [3.05, 3.63) is 71.5 Å². The van der Waals surface area contributed by atoms with Crippen LogP contribution in [0.4, 0.5) is 9.18 Å². The Morgan fingerprint density at radius 1 is 0.964 bits per heavy atom. The molecule has 0 aliphatic carbocycles. The molecule has 148 valence electrons. The summed E-state index contributed by atoms with van der Waals surface area (Å²) in [5.74, 6) is -1.96. The van der Waals surface area contributed by atoms with Crippen LogP contribution in [-0.4, -0.2) is 30.5 Å². The number of rotatable bonds is 8. The Morgan fingerprint density at radius 3 is 2.21 bits per heavy atom. The van der Waals surface area contributed by atoms with Crippen molar-refractivity contribution in [1.82, 2.24) is 5.32 Å². The first-order valence-corrected chi connectivity index (χ1v) is 8.79. The molecule has 6 nitrogen and oxygen atoms in total. The van der Waals surface area contributed by atoms with Crippen LogP contribution in [0.3, 0.4) is 0 Å². The van der Waals surface area contributed by atoms with Gasteiger partial charge in [0.05, 0.1) is 0 Å². The molecule has 1 amide bonds. The molecule has 0 aromatic heterocycles. The summed E-state index contributed by atoms with van der Waals surface area (Å²) in [7, 11) is 0. The monoisotopic (exact) mass is 387 g/mol. The number of hydrogen-bond donors (Lipinski definition) is 1. The molecule has 0 bridgehead atoms. The fourth-order valence-corrected chi connectivity index (χ4v) is 2.34. The van der Waals surface area contributed by atoms with E-state index >= 15 is 0 Å². The minimum Gasteiger partial charge on any atom is -0.456 e. The maximum absolute atomic E-state index is 12.9. The van der Waals surface area contributed by atoms with Crippen molar-refractivity contribution in [2.45, 2.75) is 26.5 Å². The van der Waals surface area contributed by atoms with E-state index in [9.17, 15) is 18.8 Å². The molecular formula is C21H22FNO5. The average molecular weight is 387 g/mol. The number of hydrogen-bond acceptors (Lipinski definition) is 5. The van der Waals surface area contributed by atoms with E-state index in [1.807, 2.05) is 30.3 Å². The Balaban J connectivity index is 1.85. The Labute approximate surface area is 162 Å². The smallest absolute Gasteiger partial charge is 0.408 e. The van der Waals surface area contributed by atoms with Crippen LogP contribution >= 0.6 is 0 Å². The van der Waals surface area contributed by atoms with Crippen molar-refractivity contribution < 1.29 is 28.2 Å². The summed E-state index contributed by atoms with van der Waals surface area (Å²) in [6, 6.07) is 13.1. The third kappa shape index (κ3) is 6.50. The third-order valence-corrected chi connectivity index (χ3v) is 3.92. The fraction of sp³-hybridized carbons (Fsp3) is 0.286. The molecule has 0 radical (unpaired) electrons. The molecule has 1 N–H and O–H groups in total. The van der Waals surface area contributed by atoms with Gasteiger partial charge >= 0.3 is 12.1 Å². The van der Waals surface area contributed by atoms with Crippen molar-refractivity contribution in [2.75, 3.05) is 6.61 Å². The van der Waals surface area contributed by atoms with Crippen LogP contribution in [0.25, 0.3) is 0 Å². The number of esters is 1. The zero-order chi connectivity index (χ0) is 20.5. The zero-order valence-corrected chi connectivity index (χ0v) is 15.7. The van der Waals surface area contributed by atoms with Crippen LogP contribution in [0.1, 0.15) is 29.8 Å². The topological polar surface area (TPSA) is 81.7 Å². The molecule has 0 spiro atoms. The summed E-state index contributed by atoms with van der Waals surface area (Å²) in [6.07, 6.45) is -0.760.